The SMILES string of the molecule is COc1c(NN)ncnc1NCc1nccn1C. The molecule has 0 aliphatic rings. The number of anilines is 2. The monoisotopic (exact) mass is 249 g/mol. The van der Waals surface area contributed by atoms with Crippen molar-refractivity contribution in [2.24, 2.45) is 12.9 Å². The minimum absolute atomic E-state index is 0.426. The zero-order valence-electron chi connectivity index (χ0n) is 10.2. The van der Waals surface area contributed by atoms with Gasteiger partial charge in [0.25, 0.3) is 0 Å². The standard InChI is InChI=1S/C10H15N7O/c1-17-4-3-12-7(17)5-13-9-8(18-2)10(16-11)15-6-14-9/h3-4,6H,5,11H2,1-2H3,(H2,13,14,15,16). The molecule has 4 N–H and O–H groups in total. The highest BCUT2D eigenvalue weighted by atomic mass is 16.5. The molecule has 0 aromatic carbocycles. The third kappa shape index (κ3) is 2.33. The number of ether oxygens (including phenoxy) is 1. The van der Waals surface area contributed by atoms with Gasteiger partial charge in [-0.1, -0.05) is 0 Å². The van der Waals surface area contributed by atoms with Crippen LogP contribution >= 0.6 is 0 Å². The molecule has 8 nitrogen and oxygen atoms in total. The van der Waals surface area contributed by atoms with Crippen LogP contribution in [-0.2, 0) is 13.6 Å². The Morgan fingerprint density at radius 3 is 2.72 bits per heavy atom. The Bertz CT molecular complexity index is 525. The summed E-state index contributed by atoms with van der Waals surface area (Å²) in [5.74, 6) is 7.68. The molecular formula is C10H15N7O. The molecule has 0 amide bonds. The highest BCUT2D eigenvalue weighted by Crippen LogP contribution is 2.28. The molecule has 2 aromatic heterocycles. The van der Waals surface area contributed by atoms with Gasteiger partial charge in [0.1, 0.15) is 12.2 Å². The van der Waals surface area contributed by atoms with E-state index in [1.807, 2.05) is 17.8 Å². The van der Waals surface area contributed by atoms with Crippen molar-refractivity contribution in [3.05, 3.63) is 24.5 Å². The lowest BCUT2D eigenvalue weighted by atomic mass is 10.4. The number of hydrogen-bond acceptors (Lipinski definition) is 7. The van der Waals surface area contributed by atoms with Crippen molar-refractivity contribution in [2.75, 3.05) is 17.9 Å². The summed E-state index contributed by atoms with van der Waals surface area (Å²) in [6, 6.07) is 0. The van der Waals surface area contributed by atoms with Crippen LogP contribution in [0.1, 0.15) is 5.82 Å². The predicted molar refractivity (Wildman–Crippen MR) is 66.9 cm³/mol. The molecule has 0 aliphatic heterocycles. The number of rotatable bonds is 5. The van der Waals surface area contributed by atoms with Crippen LogP contribution in [0.25, 0.3) is 0 Å². The van der Waals surface area contributed by atoms with Crippen molar-refractivity contribution in [1.29, 1.82) is 0 Å². The molecule has 0 atom stereocenters. The van der Waals surface area contributed by atoms with E-state index in [9.17, 15) is 0 Å². The van der Waals surface area contributed by atoms with Crippen LogP contribution < -0.4 is 21.3 Å². The Hall–Kier alpha value is -2.35. The molecule has 0 spiro atoms. The summed E-state index contributed by atoms with van der Waals surface area (Å²) < 4.78 is 7.13. The number of hydrazine groups is 1. The lowest BCUT2D eigenvalue weighted by Crippen LogP contribution is -2.13. The van der Waals surface area contributed by atoms with Crippen molar-refractivity contribution in [3.8, 4) is 5.75 Å². The van der Waals surface area contributed by atoms with Crippen molar-refractivity contribution < 1.29 is 4.74 Å². The number of hydrogen-bond donors (Lipinski definition) is 3. The molecule has 0 bridgehead atoms. The minimum Gasteiger partial charge on any atom is -0.490 e. The molecule has 2 aromatic rings. The van der Waals surface area contributed by atoms with Crippen LogP contribution in [-0.4, -0.2) is 26.6 Å². The summed E-state index contributed by atoms with van der Waals surface area (Å²) in [7, 11) is 3.46. The maximum Gasteiger partial charge on any atom is 0.205 e. The van der Waals surface area contributed by atoms with Crippen LogP contribution in [0.4, 0.5) is 11.6 Å². The van der Waals surface area contributed by atoms with Crippen molar-refractivity contribution in [1.82, 2.24) is 19.5 Å². The highest BCUT2D eigenvalue weighted by molar-refractivity contribution is 5.62. The van der Waals surface area contributed by atoms with Gasteiger partial charge in [-0.25, -0.2) is 20.8 Å². The maximum absolute atomic E-state index is 5.35. The Morgan fingerprint density at radius 2 is 2.11 bits per heavy atom. The molecule has 0 saturated heterocycles. The lowest BCUT2D eigenvalue weighted by molar-refractivity contribution is 0.414. The summed E-state index contributed by atoms with van der Waals surface area (Å²) in [5, 5.41) is 3.13. The molecular weight excluding hydrogens is 234 g/mol. The number of nitrogens with zero attached hydrogens (tertiary/aromatic N) is 4. The second kappa shape index (κ2) is 5.32. The number of imidazole rings is 1. The van der Waals surface area contributed by atoms with Gasteiger partial charge in [0.2, 0.25) is 5.75 Å². The van der Waals surface area contributed by atoms with Crippen LogP contribution in [0, 0.1) is 0 Å². The van der Waals surface area contributed by atoms with E-state index in [1.165, 1.54) is 13.4 Å². The second-order valence-electron chi connectivity index (χ2n) is 3.56. The summed E-state index contributed by atoms with van der Waals surface area (Å²) in [5.41, 5.74) is 2.45. The lowest BCUT2D eigenvalue weighted by Gasteiger charge is -2.12. The van der Waals surface area contributed by atoms with Crippen LogP contribution in [0.3, 0.4) is 0 Å². The fourth-order valence-corrected chi connectivity index (χ4v) is 1.53. The number of aryl methyl sites for hydroxylation is 1. The summed E-state index contributed by atoms with van der Waals surface area (Å²) >= 11 is 0. The van der Waals surface area contributed by atoms with E-state index in [-0.39, 0.29) is 0 Å². The molecule has 0 radical (unpaired) electrons. The highest BCUT2D eigenvalue weighted by Gasteiger charge is 2.11. The first-order valence-electron chi connectivity index (χ1n) is 5.32. The number of nitrogens with two attached hydrogens (primary N) is 1. The third-order valence-corrected chi connectivity index (χ3v) is 2.48. The number of nitrogens with one attached hydrogen (secondary N) is 2. The number of aromatic nitrogens is 4. The van der Waals surface area contributed by atoms with E-state index in [0.29, 0.717) is 23.9 Å². The van der Waals surface area contributed by atoms with Gasteiger partial charge in [-0.05, 0) is 0 Å². The largest absolute Gasteiger partial charge is 0.490 e. The van der Waals surface area contributed by atoms with E-state index in [1.54, 1.807) is 6.20 Å². The summed E-state index contributed by atoms with van der Waals surface area (Å²) in [6.45, 7) is 0.529. The Labute approximate surface area is 104 Å². The van der Waals surface area contributed by atoms with Crippen LogP contribution in [0.2, 0.25) is 0 Å². The predicted octanol–water partition coefficient (Wildman–Crippen LogP) is 0.116. The topological polar surface area (TPSA) is 103 Å². The molecule has 2 rings (SSSR count). The van der Waals surface area contributed by atoms with Gasteiger partial charge in [-0.3, -0.25) is 0 Å². The van der Waals surface area contributed by atoms with E-state index < -0.39 is 0 Å². The summed E-state index contributed by atoms with van der Waals surface area (Å²) in [6.07, 6.45) is 5.01. The molecule has 2 heterocycles. The summed E-state index contributed by atoms with van der Waals surface area (Å²) in [4.78, 5) is 12.3. The maximum atomic E-state index is 5.35. The van der Waals surface area contributed by atoms with Crippen molar-refractivity contribution >= 4 is 11.6 Å². The van der Waals surface area contributed by atoms with Gasteiger partial charge in [0.15, 0.2) is 11.6 Å². The quantitative estimate of drug-likeness (QED) is 0.510. The van der Waals surface area contributed by atoms with Crippen LogP contribution in [0.15, 0.2) is 18.7 Å². The molecule has 96 valence electrons. The molecule has 0 unspecified atom stereocenters. The first-order valence-corrected chi connectivity index (χ1v) is 5.32. The fourth-order valence-electron chi connectivity index (χ4n) is 1.53. The van der Waals surface area contributed by atoms with Gasteiger partial charge in [-0.2, -0.15) is 0 Å². The van der Waals surface area contributed by atoms with E-state index in [0.717, 1.165) is 5.82 Å². The molecule has 0 aliphatic carbocycles. The fraction of sp³-hybridized carbons (Fsp3) is 0.300. The van der Waals surface area contributed by atoms with Crippen molar-refractivity contribution in [2.45, 2.75) is 6.54 Å². The molecule has 0 saturated carbocycles. The van der Waals surface area contributed by atoms with Gasteiger partial charge in [-0.15, -0.1) is 0 Å². The Balaban J connectivity index is 2.16. The first kappa shape index (κ1) is 12.1. The normalized spacial score (nSPS) is 10.2. The van der Waals surface area contributed by atoms with E-state index >= 15 is 0 Å². The second-order valence-corrected chi connectivity index (χ2v) is 3.56. The minimum atomic E-state index is 0.426. The van der Waals surface area contributed by atoms with Gasteiger partial charge in [0.05, 0.1) is 13.7 Å². The molecule has 18 heavy (non-hydrogen) atoms. The van der Waals surface area contributed by atoms with Crippen molar-refractivity contribution in [3.63, 3.8) is 0 Å². The molecule has 0 fully saturated rings. The van der Waals surface area contributed by atoms with E-state index in [2.05, 4.69) is 25.7 Å². The molecule has 8 heteroatoms. The van der Waals surface area contributed by atoms with E-state index in [4.69, 9.17) is 10.6 Å². The van der Waals surface area contributed by atoms with Gasteiger partial charge in [0, 0.05) is 19.4 Å². The smallest absolute Gasteiger partial charge is 0.205 e. The Morgan fingerprint density at radius 1 is 1.33 bits per heavy atom. The Kier molecular flexibility index (Phi) is 3.58. The average molecular weight is 249 g/mol. The van der Waals surface area contributed by atoms with Crippen LogP contribution in [0.5, 0.6) is 5.75 Å². The third-order valence-electron chi connectivity index (χ3n) is 2.48. The zero-order chi connectivity index (χ0) is 13.0. The zero-order valence-corrected chi connectivity index (χ0v) is 10.2. The average Bonchev–Trinajstić information content (AvgIpc) is 2.81. The van der Waals surface area contributed by atoms with Gasteiger partial charge < -0.3 is 20.0 Å². The first-order chi connectivity index (χ1) is 8.76. The number of nitrogen functional groups attached to an aromatic ring is 1. The number of methoxy groups -OCH3 is 1. The van der Waals surface area contributed by atoms with Gasteiger partial charge >= 0.3 is 0 Å².